The van der Waals surface area contributed by atoms with Gasteiger partial charge in [0.05, 0.1) is 36.6 Å². The highest BCUT2D eigenvalue weighted by Gasteiger charge is 2.34. The van der Waals surface area contributed by atoms with Crippen LogP contribution in [0.4, 0.5) is 20.2 Å². The van der Waals surface area contributed by atoms with Crippen molar-refractivity contribution in [3.8, 4) is 16.9 Å². The summed E-state index contributed by atoms with van der Waals surface area (Å²) in [4.78, 5) is 40.9. The molecule has 1 N–H and O–H groups in total. The first-order chi connectivity index (χ1) is 22.6. The lowest BCUT2D eigenvalue weighted by molar-refractivity contribution is -0.138. The predicted octanol–water partition coefficient (Wildman–Crippen LogP) is 5.18. The van der Waals surface area contributed by atoms with Crippen molar-refractivity contribution in [3.05, 3.63) is 69.8 Å². The lowest BCUT2D eigenvalue weighted by atomic mass is 9.92. The molecule has 2 amide bonds. The molecule has 0 saturated carbocycles. The third-order valence-corrected chi connectivity index (χ3v) is 10.0. The van der Waals surface area contributed by atoms with E-state index >= 15 is 0 Å². The quantitative estimate of drug-likeness (QED) is 0.289. The number of nitrogens with one attached hydrogen (secondary N) is 1. The number of aryl methyl sites for hydroxylation is 3. The number of anilines is 2. The summed E-state index contributed by atoms with van der Waals surface area (Å²) < 4.78 is 38.7. The predicted molar refractivity (Wildman–Crippen MR) is 174 cm³/mol. The number of aromatic nitrogens is 3. The van der Waals surface area contributed by atoms with E-state index in [-0.39, 0.29) is 35.0 Å². The highest BCUT2D eigenvalue weighted by Crippen LogP contribution is 2.44. The van der Waals surface area contributed by atoms with Crippen LogP contribution in [0.3, 0.4) is 0 Å². The van der Waals surface area contributed by atoms with Gasteiger partial charge in [0.15, 0.2) is 0 Å². The number of likely N-dealkylation sites (tertiary alicyclic amines) is 1. The fraction of sp³-hybridized carbons (Fsp3) is 0.429. The summed E-state index contributed by atoms with van der Waals surface area (Å²) in [5, 5.41) is 7.90. The number of carbonyl (C=O) groups excluding carboxylic acids is 2. The van der Waals surface area contributed by atoms with Crippen LogP contribution in [0.1, 0.15) is 61.3 Å². The van der Waals surface area contributed by atoms with Gasteiger partial charge in [-0.2, -0.15) is 5.10 Å². The Hall–Kier alpha value is -4.58. The lowest BCUT2D eigenvalue weighted by Crippen LogP contribution is -2.54. The van der Waals surface area contributed by atoms with Crippen LogP contribution in [-0.2, 0) is 23.1 Å². The Bertz CT molecular complexity index is 1940. The number of piperidine rings is 2. The number of carbonyl (C=O) groups is 2. The average molecular weight is 645 g/mol. The van der Waals surface area contributed by atoms with Gasteiger partial charge in [0, 0.05) is 79.2 Å². The molecule has 0 bridgehead atoms. The molecule has 10 nitrogen and oxygen atoms in total. The van der Waals surface area contributed by atoms with Crippen LogP contribution in [0.5, 0.6) is 5.75 Å². The van der Waals surface area contributed by atoms with Crippen LogP contribution in [0.15, 0.2) is 47.5 Å². The van der Waals surface area contributed by atoms with Gasteiger partial charge in [-0.15, -0.1) is 0 Å². The Morgan fingerprint density at radius 1 is 0.979 bits per heavy atom. The smallest absolute Gasteiger partial charge is 0.264 e. The third kappa shape index (κ3) is 5.58. The van der Waals surface area contributed by atoms with Crippen molar-refractivity contribution in [1.29, 1.82) is 0 Å². The van der Waals surface area contributed by atoms with Crippen LogP contribution < -0.4 is 20.5 Å². The summed E-state index contributed by atoms with van der Waals surface area (Å²) >= 11 is 0. The number of pyridine rings is 1. The minimum absolute atomic E-state index is 0.0568. The molecule has 3 aliphatic rings. The first kappa shape index (κ1) is 31.0. The van der Waals surface area contributed by atoms with Crippen molar-refractivity contribution in [3.63, 3.8) is 0 Å². The molecule has 5 heterocycles. The topological polar surface area (TPSA) is 102 Å². The number of ether oxygens (including phenoxy) is 1. The molecule has 1 atom stereocenters. The number of rotatable bonds is 6. The molecule has 0 radical (unpaired) electrons. The van der Waals surface area contributed by atoms with Crippen molar-refractivity contribution in [1.82, 2.24) is 24.6 Å². The van der Waals surface area contributed by atoms with Gasteiger partial charge in [-0.05, 0) is 68.4 Å². The molecule has 12 heteroatoms. The third-order valence-electron chi connectivity index (χ3n) is 10.0. The zero-order valence-electron chi connectivity index (χ0n) is 26.8. The van der Waals surface area contributed by atoms with Crippen LogP contribution in [0, 0.1) is 6.92 Å². The molecule has 2 aromatic heterocycles. The number of imide groups is 1. The summed E-state index contributed by atoms with van der Waals surface area (Å²) in [7, 11) is 3.30. The molecule has 2 saturated heterocycles. The monoisotopic (exact) mass is 644 g/mol. The van der Waals surface area contributed by atoms with Gasteiger partial charge in [0.1, 0.15) is 5.75 Å². The van der Waals surface area contributed by atoms with Crippen molar-refractivity contribution < 1.29 is 23.1 Å². The normalized spacial score (nSPS) is 19.4. The number of hydrogen-bond acceptors (Lipinski definition) is 7. The molecule has 0 aliphatic carbocycles. The van der Waals surface area contributed by atoms with Crippen molar-refractivity contribution in [2.24, 2.45) is 7.05 Å². The maximum atomic E-state index is 14.8. The zero-order valence-corrected chi connectivity index (χ0v) is 26.8. The van der Waals surface area contributed by atoms with E-state index in [1.54, 1.807) is 37.9 Å². The average Bonchev–Trinajstić information content (AvgIpc) is 3.56. The highest BCUT2D eigenvalue weighted by molar-refractivity contribution is 6.00. The fourth-order valence-corrected chi connectivity index (χ4v) is 7.52. The zero-order chi connectivity index (χ0) is 33.0. The minimum Gasteiger partial charge on any atom is -0.497 e. The highest BCUT2D eigenvalue weighted by atomic mass is 19.3. The maximum absolute atomic E-state index is 14.8. The van der Waals surface area contributed by atoms with Crippen LogP contribution in [-0.4, -0.2) is 63.8 Å². The Morgan fingerprint density at radius 3 is 2.49 bits per heavy atom. The van der Waals surface area contributed by atoms with Gasteiger partial charge >= 0.3 is 0 Å². The van der Waals surface area contributed by atoms with Gasteiger partial charge in [0.25, 0.3) is 12.0 Å². The molecule has 4 aromatic rings. The Kier molecular flexibility index (Phi) is 8.07. The van der Waals surface area contributed by atoms with E-state index < -0.39 is 6.43 Å². The van der Waals surface area contributed by atoms with Crippen molar-refractivity contribution in [2.75, 3.05) is 31.6 Å². The van der Waals surface area contributed by atoms with Gasteiger partial charge < -0.3 is 14.2 Å². The van der Waals surface area contributed by atoms with Gasteiger partial charge in [-0.1, -0.05) is 0 Å². The number of fused-ring (bicyclic) bond motifs is 2. The second kappa shape index (κ2) is 12.2. The second-order valence-electron chi connectivity index (χ2n) is 12.8. The number of hydrogen-bond donors (Lipinski definition) is 1. The van der Waals surface area contributed by atoms with Crippen LogP contribution in [0.25, 0.3) is 22.0 Å². The number of benzene rings is 2. The Balaban J connectivity index is 1.20. The van der Waals surface area contributed by atoms with E-state index in [9.17, 15) is 23.2 Å². The Morgan fingerprint density at radius 2 is 1.77 bits per heavy atom. The minimum atomic E-state index is -2.70. The summed E-state index contributed by atoms with van der Waals surface area (Å²) in [5.41, 5.74) is 4.78. The number of alkyl halides is 2. The van der Waals surface area contributed by atoms with Crippen LogP contribution >= 0.6 is 0 Å². The standard InChI is InChI=1S/C35H38F2N6O4/c1-20-13-27-30(40(2)35(20)46)15-24(47-3)16-31(27)42-10-4-5-21-14-25(26(33(36)37)17-29(21)42)22-18-38-43(19-22)23-8-11-41(12-9-23)28-6-7-32(44)39-34(28)45/h13-19,23,28,33H,4-12H2,1-3H3,(H,39,44,45). The summed E-state index contributed by atoms with van der Waals surface area (Å²) in [6.45, 7) is 3.79. The molecular weight excluding hydrogens is 606 g/mol. The maximum Gasteiger partial charge on any atom is 0.264 e. The van der Waals surface area contributed by atoms with Crippen molar-refractivity contribution in [2.45, 2.75) is 64.0 Å². The molecule has 7 rings (SSSR count). The molecule has 3 aliphatic heterocycles. The van der Waals surface area contributed by atoms with Gasteiger partial charge in [0.2, 0.25) is 11.8 Å². The van der Waals surface area contributed by atoms with E-state index in [2.05, 4.69) is 20.2 Å². The van der Waals surface area contributed by atoms with Gasteiger partial charge in [-0.25, -0.2) is 8.78 Å². The number of nitrogens with zero attached hydrogens (tertiary/aromatic N) is 5. The lowest BCUT2D eigenvalue weighted by Gasteiger charge is -2.38. The SMILES string of the molecule is COc1cc(N2CCCc3cc(-c4cnn(C5CCN(C6CCC(=O)NC6=O)CC5)c4)c(C(F)F)cc32)c2cc(C)c(=O)n(C)c2c1. The number of amides is 2. The summed E-state index contributed by atoms with van der Waals surface area (Å²) in [5.74, 6) is 0.131. The largest absolute Gasteiger partial charge is 0.497 e. The number of halogens is 2. The van der Waals surface area contributed by atoms with E-state index in [1.165, 1.54) is 0 Å². The second-order valence-corrected chi connectivity index (χ2v) is 12.8. The number of methoxy groups -OCH3 is 1. The molecular formula is C35H38F2N6O4. The van der Waals surface area contributed by atoms with Crippen molar-refractivity contribution >= 4 is 34.1 Å². The molecule has 246 valence electrons. The Labute approximate surface area is 270 Å². The fourth-order valence-electron chi connectivity index (χ4n) is 7.52. The van der Waals surface area contributed by atoms with Crippen LogP contribution in [0.2, 0.25) is 0 Å². The molecule has 0 spiro atoms. The van der Waals surface area contributed by atoms with E-state index in [0.29, 0.717) is 60.4 Å². The molecule has 47 heavy (non-hydrogen) atoms. The van der Waals surface area contributed by atoms with E-state index in [4.69, 9.17) is 4.74 Å². The van der Waals surface area contributed by atoms with Gasteiger partial charge in [-0.3, -0.25) is 29.3 Å². The summed E-state index contributed by atoms with van der Waals surface area (Å²) in [6.07, 6.45) is 4.80. The molecule has 2 aromatic carbocycles. The molecule has 2 fully saturated rings. The van der Waals surface area contributed by atoms with E-state index in [0.717, 1.165) is 48.0 Å². The van der Waals surface area contributed by atoms with E-state index in [1.807, 2.05) is 35.1 Å². The first-order valence-corrected chi connectivity index (χ1v) is 16.2. The molecule has 1 unspecified atom stereocenters. The first-order valence-electron chi connectivity index (χ1n) is 16.2. The summed E-state index contributed by atoms with van der Waals surface area (Å²) in [6, 6.07) is 8.89.